The molecule has 0 spiro atoms. The van der Waals surface area contributed by atoms with Gasteiger partial charge in [-0.3, -0.25) is 4.79 Å². The molecule has 0 bridgehead atoms. The molecule has 0 saturated carbocycles. The number of carbonyl (C=O) groups excluding carboxylic acids is 1. The lowest BCUT2D eigenvalue weighted by molar-refractivity contribution is -0.131. The zero-order chi connectivity index (χ0) is 10.7. The highest BCUT2D eigenvalue weighted by Crippen LogP contribution is 2.28. The standard InChI is InChI=1S/C11H21NO2/c1-8(2)10(7-13)11-5-4-6-12(11)9(3)14/h8,10-11,13H,4-7H2,1-3H3. The number of aliphatic hydroxyl groups excluding tert-OH is 1. The fourth-order valence-corrected chi connectivity index (χ4v) is 2.41. The Bertz CT molecular complexity index is 203. The van der Waals surface area contributed by atoms with Crippen LogP contribution < -0.4 is 0 Å². The first-order valence-electron chi connectivity index (χ1n) is 5.46. The minimum atomic E-state index is 0.145. The predicted molar refractivity (Wildman–Crippen MR) is 55.8 cm³/mol. The molecule has 3 heteroatoms. The van der Waals surface area contributed by atoms with E-state index < -0.39 is 0 Å². The molecule has 1 amide bonds. The largest absolute Gasteiger partial charge is 0.396 e. The van der Waals surface area contributed by atoms with Crippen LogP contribution in [-0.4, -0.2) is 35.1 Å². The fourth-order valence-electron chi connectivity index (χ4n) is 2.41. The van der Waals surface area contributed by atoms with E-state index in [1.807, 2.05) is 4.90 Å². The van der Waals surface area contributed by atoms with Crippen LogP contribution in [0.1, 0.15) is 33.6 Å². The third-order valence-corrected chi connectivity index (χ3v) is 3.27. The molecule has 0 aliphatic carbocycles. The van der Waals surface area contributed by atoms with E-state index in [2.05, 4.69) is 13.8 Å². The van der Waals surface area contributed by atoms with Crippen molar-refractivity contribution in [3.05, 3.63) is 0 Å². The zero-order valence-corrected chi connectivity index (χ0v) is 9.36. The molecule has 1 fully saturated rings. The number of carbonyl (C=O) groups is 1. The van der Waals surface area contributed by atoms with Crippen LogP contribution in [0.3, 0.4) is 0 Å². The number of amides is 1. The molecular weight excluding hydrogens is 178 g/mol. The molecule has 1 heterocycles. The van der Waals surface area contributed by atoms with Gasteiger partial charge in [0.1, 0.15) is 0 Å². The van der Waals surface area contributed by atoms with Gasteiger partial charge < -0.3 is 10.0 Å². The first kappa shape index (κ1) is 11.5. The van der Waals surface area contributed by atoms with Crippen molar-refractivity contribution in [3.63, 3.8) is 0 Å². The first-order chi connectivity index (χ1) is 6.57. The second kappa shape index (κ2) is 4.78. The summed E-state index contributed by atoms with van der Waals surface area (Å²) in [7, 11) is 0. The lowest BCUT2D eigenvalue weighted by Crippen LogP contribution is -2.42. The monoisotopic (exact) mass is 199 g/mol. The highest BCUT2D eigenvalue weighted by atomic mass is 16.3. The molecule has 3 nitrogen and oxygen atoms in total. The van der Waals surface area contributed by atoms with Gasteiger partial charge >= 0.3 is 0 Å². The van der Waals surface area contributed by atoms with Crippen LogP contribution in [0, 0.1) is 11.8 Å². The van der Waals surface area contributed by atoms with Gasteiger partial charge in [0.05, 0.1) is 0 Å². The number of hydrogen-bond acceptors (Lipinski definition) is 2. The lowest BCUT2D eigenvalue weighted by atomic mass is 9.87. The number of likely N-dealkylation sites (tertiary alicyclic amines) is 1. The van der Waals surface area contributed by atoms with Crippen LogP contribution >= 0.6 is 0 Å². The fraction of sp³-hybridized carbons (Fsp3) is 0.909. The van der Waals surface area contributed by atoms with Gasteiger partial charge in [0.15, 0.2) is 0 Å². The molecule has 1 N–H and O–H groups in total. The van der Waals surface area contributed by atoms with E-state index in [1.54, 1.807) is 6.92 Å². The second-order valence-electron chi connectivity index (χ2n) is 4.51. The number of rotatable bonds is 3. The van der Waals surface area contributed by atoms with Gasteiger partial charge in [-0.15, -0.1) is 0 Å². The summed E-state index contributed by atoms with van der Waals surface area (Å²) in [5.41, 5.74) is 0. The molecule has 1 rings (SSSR count). The van der Waals surface area contributed by atoms with E-state index in [-0.39, 0.29) is 24.5 Å². The molecule has 2 unspecified atom stereocenters. The molecule has 0 aromatic carbocycles. The Kier molecular flexibility index (Phi) is 3.93. The van der Waals surface area contributed by atoms with E-state index in [1.165, 1.54) is 0 Å². The average Bonchev–Trinajstić information content (AvgIpc) is 2.53. The van der Waals surface area contributed by atoms with E-state index in [9.17, 15) is 9.90 Å². The van der Waals surface area contributed by atoms with Crippen molar-refractivity contribution in [1.82, 2.24) is 4.90 Å². The van der Waals surface area contributed by atoms with Crippen molar-refractivity contribution in [2.45, 2.75) is 39.7 Å². The van der Waals surface area contributed by atoms with Crippen LogP contribution in [0.15, 0.2) is 0 Å². The maximum atomic E-state index is 11.3. The maximum Gasteiger partial charge on any atom is 0.219 e. The second-order valence-corrected chi connectivity index (χ2v) is 4.51. The summed E-state index contributed by atoms with van der Waals surface area (Å²) >= 11 is 0. The Morgan fingerprint density at radius 1 is 1.57 bits per heavy atom. The third-order valence-electron chi connectivity index (χ3n) is 3.27. The van der Waals surface area contributed by atoms with Crippen LogP contribution in [0.4, 0.5) is 0 Å². The molecule has 14 heavy (non-hydrogen) atoms. The minimum absolute atomic E-state index is 0.145. The summed E-state index contributed by atoms with van der Waals surface area (Å²) in [6.45, 7) is 6.89. The van der Waals surface area contributed by atoms with Gasteiger partial charge in [0.25, 0.3) is 0 Å². The van der Waals surface area contributed by atoms with Crippen LogP contribution in [0.5, 0.6) is 0 Å². The van der Waals surface area contributed by atoms with Crippen LogP contribution in [0.25, 0.3) is 0 Å². The van der Waals surface area contributed by atoms with Gasteiger partial charge in [-0.25, -0.2) is 0 Å². The molecule has 1 aliphatic heterocycles. The van der Waals surface area contributed by atoms with E-state index in [4.69, 9.17) is 0 Å². The topological polar surface area (TPSA) is 40.5 Å². The normalized spacial score (nSPS) is 24.4. The predicted octanol–water partition coefficient (Wildman–Crippen LogP) is 1.26. The molecule has 1 aliphatic rings. The van der Waals surface area contributed by atoms with Gasteiger partial charge in [-0.2, -0.15) is 0 Å². The van der Waals surface area contributed by atoms with E-state index in [0.717, 1.165) is 19.4 Å². The minimum Gasteiger partial charge on any atom is -0.396 e. The van der Waals surface area contributed by atoms with Crippen LogP contribution in [0.2, 0.25) is 0 Å². The molecule has 1 saturated heterocycles. The van der Waals surface area contributed by atoms with Gasteiger partial charge in [0, 0.05) is 32.0 Å². The summed E-state index contributed by atoms with van der Waals surface area (Å²) in [6.07, 6.45) is 2.12. The Labute approximate surface area is 86.1 Å². The molecule has 0 radical (unpaired) electrons. The van der Waals surface area contributed by atoms with Gasteiger partial charge in [-0.05, 0) is 18.8 Å². The van der Waals surface area contributed by atoms with Crippen molar-refractivity contribution in [2.75, 3.05) is 13.2 Å². The highest BCUT2D eigenvalue weighted by Gasteiger charge is 2.34. The van der Waals surface area contributed by atoms with Crippen LogP contribution in [-0.2, 0) is 4.79 Å². The number of hydrogen-bond donors (Lipinski definition) is 1. The summed E-state index contributed by atoms with van der Waals surface area (Å²) in [6, 6.07) is 0.262. The van der Waals surface area contributed by atoms with Crippen molar-refractivity contribution in [3.8, 4) is 0 Å². The van der Waals surface area contributed by atoms with Crippen molar-refractivity contribution >= 4 is 5.91 Å². The van der Waals surface area contributed by atoms with Crippen molar-refractivity contribution < 1.29 is 9.90 Å². The summed E-state index contributed by atoms with van der Waals surface area (Å²) < 4.78 is 0. The van der Waals surface area contributed by atoms with Gasteiger partial charge in [0.2, 0.25) is 5.91 Å². The average molecular weight is 199 g/mol. The Morgan fingerprint density at radius 2 is 2.21 bits per heavy atom. The summed E-state index contributed by atoms with van der Waals surface area (Å²) in [4.78, 5) is 13.3. The molecule has 0 aromatic rings. The molecule has 82 valence electrons. The number of nitrogens with zero attached hydrogens (tertiary/aromatic N) is 1. The summed E-state index contributed by atoms with van der Waals surface area (Å²) in [5, 5.41) is 9.32. The third kappa shape index (κ3) is 2.27. The molecule has 2 atom stereocenters. The Balaban J connectivity index is 2.69. The summed E-state index contributed by atoms with van der Waals surface area (Å²) in [5.74, 6) is 0.818. The molecule has 0 aromatic heterocycles. The quantitative estimate of drug-likeness (QED) is 0.743. The van der Waals surface area contributed by atoms with Gasteiger partial charge in [-0.1, -0.05) is 13.8 Å². The van der Waals surface area contributed by atoms with E-state index >= 15 is 0 Å². The lowest BCUT2D eigenvalue weighted by Gasteiger charge is -2.32. The maximum absolute atomic E-state index is 11.3. The Hall–Kier alpha value is -0.570. The Morgan fingerprint density at radius 3 is 2.64 bits per heavy atom. The first-order valence-corrected chi connectivity index (χ1v) is 5.46. The SMILES string of the molecule is CC(=O)N1CCCC1C(CO)C(C)C. The molecular formula is C11H21NO2. The smallest absolute Gasteiger partial charge is 0.219 e. The highest BCUT2D eigenvalue weighted by molar-refractivity contribution is 5.73. The van der Waals surface area contributed by atoms with Crippen molar-refractivity contribution in [2.24, 2.45) is 11.8 Å². The van der Waals surface area contributed by atoms with Crippen molar-refractivity contribution in [1.29, 1.82) is 0 Å². The number of aliphatic hydroxyl groups is 1. The zero-order valence-electron chi connectivity index (χ0n) is 9.36. The van der Waals surface area contributed by atoms with E-state index in [0.29, 0.717) is 5.92 Å².